The number of hydrogen-bond donors (Lipinski definition) is 4. The third-order valence-corrected chi connectivity index (χ3v) is 4.65. The molecule has 178 valence electrons. The number of hydrogen-bond acceptors (Lipinski definition) is 7. The van der Waals surface area contributed by atoms with Crippen LogP contribution in [0.1, 0.15) is 37.7 Å². The van der Waals surface area contributed by atoms with Gasteiger partial charge in [0.1, 0.15) is 52.1 Å². The highest BCUT2D eigenvalue weighted by Crippen LogP contribution is 2.36. The Kier molecular flexibility index (Phi) is 7.53. The molecule has 4 N–H and O–H groups in total. The summed E-state index contributed by atoms with van der Waals surface area (Å²) in [4.78, 5) is 12.2. The maximum Gasteiger partial charge on any atom is 0.147 e. The number of alkyl halides is 1. The average Bonchev–Trinajstić information content (AvgIpc) is 3.23. The third-order valence-electron chi connectivity index (χ3n) is 4.65. The Balaban J connectivity index is 0.000000623. The Bertz CT molecular complexity index is 1390. The summed E-state index contributed by atoms with van der Waals surface area (Å²) in [7, 11) is 1.66. The van der Waals surface area contributed by atoms with Gasteiger partial charge in [-0.3, -0.25) is 0 Å². The van der Waals surface area contributed by atoms with Gasteiger partial charge >= 0.3 is 0 Å². The van der Waals surface area contributed by atoms with E-state index in [2.05, 4.69) is 37.7 Å². The molecular weight excluding hydrogens is 445 g/mol. The number of fused-ring (bicyclic) bond motifs is 1. The van der Waals surface area contributed by atoms with Crippen LogP contribution in [-0.4, -0.2) is 32.8 Å². The lowest BCUT2D eigenvalue weighted by Gasteiger charge is -2.15. The third kappa shape index (κ3) is 6.24. The quantitative estimate of drug-likeness (QED) is 0.303. The summed E-state index contributed by atoms with van der Waals surface area (Å²) in [6, 6.07) is 18.4. The number of imidazole rings is 1. The monoisotopic (exact) mass is 471 g/mol. The molecule has 2 aromatic heterocycles. The number of para-hydroxylation sites is 2. The van der Waals surface area contributed by atoms with Crippen molar-refractivity contribution < 1.29 is 9.50 Å². The van der Waals surface area contributed by atoms with Gasteiger partial charge in [-0.15, -0.1) is 0 Å². The van der Waals surface area contributed by atoms with Crippen LogP contribution in [0.5, 0.6) is 5.75 Å². The van der Waals surface area contributed by atoms with Crippen LogP contribution in [0.2, 0.25) is 0 Å². The number of anilines is 2. The molecule has 0 atom stereocenters. The molecule has 8 nitrogen and oxygen atoms in total. The molecule has 0 aliphatic heterocycles. The largest absolute Gasteiger partial charge is 0.508 e. The molecule has 4 aromatic rings. The fourth-order valence-corrected chi connectivity index (χ4v) is 3.32. The summed E-state index contributed by atoms with van der Waals surface area (Å²) in [6.07, 6.45) is 0. The average molecular weight is 472 g/mol. The Labute approximate surface area is 203 Å². The van der Waals surface area contributed by atoms with Gasteiger partial charge in [0.05, 0.1) is 17.6 Å². The summed E-state index contributed by atoms with van der Waals surface area (Å²) in [6.45, 7) is 4.87. The van der Waals surface area contributed by atoms with Crippen molar-refractivity contribution in [3.8, 4) is 29.0 Å². The van der Waals surface area contributed by atoms with E-state index in [1.165, 1.54) is 32.9 Å². The molecule has 2 aromatic carbocycles. The lowest BCUT2D eigenvalue weighted by molar-refractivity contribution is 0.246. The first kappa shape index (κ1) is 25.0. The second kappa shape index (κ2) is 10.5. The number of nitrogens with one attached hydrogen (secondary N) is 3. The summed E-state index contributed by atoms with van der Waals surface area (Å²) < 4.78 is 11.7. The van der Waals surface area contributed by atoms with E-state index in [0.29, 0.717) is 35.1 Å². The number of nitrogens with zero attached hydrogens (tertiary/aromatic N) is 4. The van der Waals surface area contributed by atoms with Crippen molar-refractivity contribution in [3.63, 3.8) is 0 Å². The topological polar surface area (TPSA) is 133 Å². The standard InChI is InChI=1S/C22H17N7O.C4H9F/c1-25-21-15(10-23)20(13-5-4-6-14(30)9-13)16(11-24)22(29-21)26-12-19-27-17-7-2-3-8-18(17)28-19;1-4(2,3)5/h2-9,30H,12H2,1H3,(H,27,28)(H2,25,26,29);1-3H3. The van der Waals surface area contributed by atoms with E-state index in [1.54, 1.807) is 19.2 Å². The van der Waals surface area contributed by atoms with Crippen LogP contribution in [0.4, 0.5) is 16.0 Å². The van der Waals surface area contributed by atoms with Crippen molar-refractivity contribution in [1.82, 2.24) is 15.0 Å². The predicted octanol–water partition coefficient (Wildman–Crippen LogP) is 5.48. The molecule has 0 fully saturated rings. The normalized spacial score (nSPS) is 10.6. The second-order valence-electron chi connectivity index (χ2n) is 8.58. The molecule has 0 unspecified atom stereocenters. The molecule has 0 amide bonds. The van der Waals surface area contributed by atoms with Crippen LogP contribution >= 0.6 is 0 Å². The number of benzene rings is 2. The highest BCUT2D eigenvalue weighted by Gasteiger charge is 2.21. The predicted molar refractivity (Wildman–Crippen MR) is 135 cm³/mol. The molecular formula is C26H26FN7O. The lowest BCUT2D eigenvalue weighted by Crippen LogP contribution is -2.09. The van der Waals surface area contributed by atoms with Gasteiger partial charge in [0, 0.05) is 12.6 Å². The maximum absolute atomic E-state index is 11.7. The Morgan fingerprint density at radius 2 is 1.66 bits per heavy atom. The van der Waals surface area contributed by atoms with Crippen molar-refractivity contribution in [2.75, 3.05) is 17.7 Å². The molecule has 0 saturated heterocycles. The van der Waals surface area contributed by atoms with E-state index < -0.39 is 5.67 Å². The van der Waals surface area contributed by atoms with E-state index in [-0.39, 0.29) is 16.9 Å². The number of rotatable bonds is 5. The number of phenolic OH excluding ortho intramolecular Hbond substituents is 1. The van der Waals surface area contributed by atoms with Gasteiger partial charge < -0.3 is 20.7 Å². The van der Waals surface area contributed by atoms with Crippen LogP contribution in [0, 0.1) is 22.7 Å². The van der Waals surface area contributed by atoms with Crippen molar-refractivity contribution in [2.45, 2.75) is 33.0 Å². The zero-order valence-corrected chi connectivity index (χ0v) is 19.9. The van der Waals surface area contributed by atoms with Crippen LogP contribution in [0.3, 0.4) is 0 Å². The van der Waals surface area contributed by atoms with Gasteiger partial charge in [0.2, 0.25) is 0 Å². The smallest absolute Gasteiger partial charge is 0.147 e. The molecule has 0 bridgehead atoms. The number of aromatic hydroxyl groups is 1. The minimum atomic E-state index is -1.00. The molecule has 35 heavy (non-hydrogen) atoms. The van der Waals surface area contributed by atoms with Gasteiger partial charge in [-0.05, 0) is 50.6 Å². The zero-order chi connectivity index (χ0) is 25.6. The SMILES string of the molecule is CC(C)(C)F.CNc1nc(NCc2nc3ccccc3[nH]2)c(C#N)c(-c2cccc(O)c2)c1C#N. The van der Waals surface area contributed by atoms with Gasteiger partial charge in [0.25, 0.3) is 0 Å². The Hall–Kier alpha value is -4.63. The molecule has 0 spiro atoms. The number of phenols is 1. The van der Waals surface area contributed by atoms with Crippen LogP contribution in [-0.2, 0) is 6.54 Å². The van der Waals surface area contributed by atoms with Crippen LogP contribution in [0.15, 0.2) is 48.5 Å². The molecule has 9 heteroatoms. The van der Waals surface area contributed by atoms with E-state index in [4.69, 9.17) is 0 Å². The lowest BCUT2D eigenvalue weighted by atomic mass is 9.95. The van der Waals surface area contributed by atoms with E-state index in [1.807, 2.05) is 24.3 Å². The number of halogens is 1. The number of aromatic nitrogens is 3. The zero-order valence-electron chi connectivity index (χ0n) is 19.9. The molecule has 0 aliphatic carbocycles. The first-order valence-corrected chi connectivity index (χ1v) is 10.9. The van der Waals surface area contributed by atoms with E-state index in [9.17, 15) is 20.0 Å². The molecule has 2 heterocycles. The summed E-state index contributed by atoms with van der Waals surface area (Å²) in [5, 5.41) is 35.6. The van der Waals surface area contributed by atoms with Crippen LogP contribution < -0.4 is 10.6 Å². The molecule has 4 rings (SSSR count). The minimum absolute atomic E-state index is 0.0416. The van der Waals surface area contributed by atoms with E-state index in [0.717, 1.165) is 11.0 Å². The fourth-order valence-electron chi connectivity index (χ4n) is 3.32. The molecule has 0 aliphatic rings. The van der Waals surface area contributed by atoms with Gasteiger partial charge in [0.15, 0.2) is 0 Å². The van der Waals surface area contributed by atoms with Crippen LogP contribution in [0.25, 0.3) is 22.2 Å². The number of H-pyrrole nitrogens is 1. The maximum atomic E-state index is 11.7. The van der Waals surface area contributed by atoms with E-state index >= 15 is 0 Å². The highest BCUT2D eigenvalue weighted by molar-refractivity contribution is 5.86. The number of aromatic amines is 1. The van der Waals surface area contributed by atoms with Crippen molar-refractivity contribution >= 4 is 22.7 Å². The van der Waals surface area contributed by atoms with Crippen molar-refractivity contribution in [1.29, 1.82) is 10.5 Å². The van der Waals surface area contributed by atoms with Gasteiger partial charge in [-0.1, -0.05) is 24.3 Å². The number of pyridine rings is 1. The highest BCUT2D eigenvalue weighted by atomic mass is 19.1. The summed E-state index contributed by atoms with van der Waals surface area (Å²) in [5.41, 5.74) is 2.16. The Morgan fingerprint density at radius 3 is 2.26 bits per heavy atom. The van der Waals surface area contributed by atoms with Crippen molar-refractivity contribution in [2.24, 2.45) is 0 Å². The fraction of sp³-hybridized carbons (Fsp3) is 0.231. The first-order valence-electron chi connectivity index (χ1n) is 10.9. The summed E-state index contributed by atoms with van der Waals surface area (Å²) in [5.74, 6) is 1.39. The molecule has 0 saturated carbocycles. The van der Waals surface area contributed by atoms with Crippen molar-refractivity contribution in [3.05, 3.63) is 65.5 Å². The second-order valence-corrected chi connectivity index (χ2v) is 8.58. The minimum Gasteiger partial charge on any atom is -0.508 e. The van der Waals surface area contributed by atoms with Gasteiger partial charge in [-0.25, -0.2) is 14.4 Å². The first-order chi connectivity index (χ1) is 16.6. The molecule has 0 radical (unpaired) electrons. The number of nitriles is 2. The Morgan fingerprint density at radius 1 is 1.00 bits per heavy atom. The van der Waals surface area contributed by atoms with Gasteiger partial charge in [-0.2, -0.15) is 10.5 Å². The summed E-state index contributed by atoms with van der Waals surface area (Å²) >= 11 is 0.